The molecule has 0 aliphatic heterocycles. The highest BCUT2D eigenvalue weighted by atomic mass is 15.3. The van der Waals surface area contributed by atoms with E-state index in [4.69, 9.17) is 0 Å². The Balaban J connectivity index is 2.02. The number of hydrogen-bond donors (Lipinski definition) is 1. The van der Waals surface area contributed by atoms with Crippen molar-refractivity contribution < 1.29 is 0 Å². The molecule has 0 amide bonds. The third-order valence-electron chi connectivity index (χ3n) is 3.68. The Kier molecular flexibility index (Phi) is 3.99. The monoisotopic (exact) mass is 221 g/mol. The van der Waals surface area contributed by atoms with Crippen LogP contribution in [-0.4, -0.2) is 16.8 Å². The second-order valence-corrected chi connectivity index (χ2v) is 4.85. The van der Waals surface area contributed by atoms with E-state index in [0.29, 0.717) is 6.04 Å². The predicted molar refractivity (Wildman–Crippen MR) is 66.3 cm³/mol. The molecule has 1 aliphatic rings. The minimum atomic E-state index is 0.486. The molecule has 1 aromatic rings. The van der Waals surface area contributed by atoms with Crippen LogP contribution in [0.2, 0.25) is 0 Å². The van der Waals surface area contributed by atoms with E-state index in [1.165, 1.54) is 31.4 Å². The maximum absolute atomic E-state index is 4.40. The van der Waals surface area contributed by atoms with E-state index in [0.717, 1.165) is 18.9 Å². The summed E-state index contributed by atoms with van der Waals surface area (Å²) in [5, 5.41) is 7.84. The molecule has 3 heteroatoms. The Bertz CT molecular complexity index is 315. The Labute approximate surface area is 98.2 Å². The van der Waals surface area contributed by atoms with Crippen molar-refractivity contribution in [3.05, 3.63) is 18.0 Å². The van der Waals surface area contributed by atoms with Gasteiger partial charge in [-0.2, -0.15) is 5.10 Å². The summed E-state index contributed by atoms with van der Waals surface area (Å²) in [7, 11) is 2.06. The topological polar surface area (TPSA) is 29.9 Å². The normalized spacial score (nSPS) is 18.4. The second-order valence-electron chi connectivity index (χ2n) is 4.85. The molecule has 0 radical (unpaired) electrons. The van der Waals surface area contributed by atoms with Gasteiger partial charge in [-0.15, -0.1) is 0 Å². The molecule has 0 bridgehead atoms. The number of hydrogen-bond acceptors (Lipinski definition) is 2. The van der Waals surface area contributed by atoms with E-state index in [2.05, 4.69) is 35.1 Å². The minimum absolute atomic E-state index is 0.486. The lowest BCUT2D eigenvalue weighted by Crippen LogP contribution is -2.25. The highest BCUT2D eigenvalue weighted by Gasteiger charge is 2.23. The quantitative estimate of drug-likeness (QED) is 0.800. The molecule has 16 heavy (non-hydrogen) atoms. The van der Waals surface area contributed by atoms with E-state index < -0.39 is 0 Å². The molecule has 1 fully saturated rings. The zero-order valence-corrected chi connectivity index (χ0v) is 10.4. The first-order valence-corrected chi connectivity index (χ1v) is 6.54. The molecule has 1 aromatic heterocycles. The molecule has 0 saturated heterocycles. The zero-order valence-electron chi connectivity index (χ0n) is 10.4. The summed E-state index contributed by atoms with van der Waals surface area (Å²) < 4.78 is 2.15. The second kappa shape index (κ2) is 5.48. The largest absolute Gasteiger partial charge is 0.312 e. The molecular weight excluding hydrogens is 198 g/mol. The maximum atomic E-state index is 4.40. The van der Waals surface area contributed by atoms with Gasteiger partial charge in [0.15, 0.2) is 0 Å². The average molecular weight is 221 g/mol. The first-order chi connectivity index (χ1) is 7.85. The fraction of sp³-hybridized carbons (Fsp3) is 0.769. The lowest BCUT2D eigenvalue weighted by atomic mass is 9.80. The highest BCUT2D eigenvalue weighted by molar-refractivity contribution is 5.07. The lowest BCUT2D eigenvalue weighted by molar-refractivity contribution is 0.260. The van der Waals surface area contributed by atoms with Crippen molar-refractivity contribution in [3.8, 4) is 0 Å². The molecule has 1 N–H and O–H groups in total. The molecule has 90 valence electrons. The van der Waals surface area contributed by atoms with Gasteiger partial charge in [-0.25, -0.2) is 0 Å². The molecule has 0 spiro atoms. The summed E-state index contributed by atoms with van der Waals surface area (Å²) in [6.07, 6.45) is 8.60. The van der Waals surface area contributed by atoms with Crippen LogP contribution in [0.25, 0.3) is 0 Å². The van der Waals surface area contributed by atoms with Gasteiger partial charge in [0, 0.05) is 18.8 Å². The SMILES string of the molecule is CCCn1nccc1C(CC1CCC1)NC. The zero-order chi connectivity index (χ0) is 11.4. The lowest BCUT2D eigenvalue weighted by Gasteiger charge is -2.29. The van der Waals surface area contributed by atoms with Crippen molar-refractivity contribution in [3.63, 3.8) is 0 Å². The first kappa shape index (κ1) is 11.6. The van der Waals surface area contributed by atoms with Crippen molar-refractivity contribution in [1.82, 2.24) is 15.1 Å². The smallest absolute Gasteiger partial charge is 0.0553 e. The molecule has 2 rings (SSSR count). The third kappa shape index (κ3) is 2.46. The molecule has 1 unspecified atom stereocenters. The van der Waals surface area contributed by atoms with Crippen molar-refractivity contribution in [1.29, 1.82) is 0 Å². The van der Waals surface area contributed by atoms with Crippen molar-refractivity contribution in [2.75, 3.05) is 7.05 Å². The van der Waals surface area contributed by atoms with Crippen LogP contribution < -0.4 is 5.32 Å². The summed E-state index contributed by atoms with van der Waals surface area (Å²) in [6, 6.07) is 2.65. The van der Waals surface area contributed by atoms with Crippen LogP contribution in [0.3, 0.4) is 0 Å². The van der Waals surface area contributed by atoms with E-state index in [1.54, 1.807) is 0 Å². The van der Waals surface area contributed by atoms with Crippen LogP contribution in [0.15, 0.2) is 12.3 Å². The van der Waals surface area contributed by atoms with Gasteiger partial charge in [0.25, 0.3) is 0 Å². The van der Waals surface area contributed by atoms with Gasteiger partial charge in [-0.05, 0) is 31.9 Å². The Morgan fingerprint density at radius 3 is 2.94 bits per heavy atom. The number of aromatic nitrogens is 2. The molecule has 1 aliphatic carbocycles. The van der Waals surface area contributed by atoms with Crippen molar-refractivity contribution in [2.45, 2.75) is 51.6 Å². The fourth-order valence-electron chi connectivity index (χ4n) is 2.49. The van der Waals surface area contributed by atoms with Gasteiger partial charge in [-0.1, -0.05) is 26.2 Å². The fourth-order valence-corrected chi connectivity index (χ4v) is 2.49. The van der Waals surface area contributed by atoms with E-state index in [1.807, 2.05) is 6.20 Å². The number of nitrogens with zero attached hydrogens (tertiary/aromatic N) is 2. The van der Waals surface area contributed by atoms with Gasteiger partial charge in [-0.3, -0.25) is 4.68 Å². The standard InChI is InChI=1S/C13H23N3/c1-3-9-16-13(7-8-15-16)12(14-2)10-11-5-4-6-11/h7-8,11-12,14H,3-6,9-10H2,1-2H3. The summed E-state index contributed by atoms with van der Waals surface area (Å²) in [4.78, 5) is 0. The summed E-state index contributed by atoms with van der Waals surface area (Å²) in [6.45, 7) is 3.23. The molecule has 1 atom stereocenters. The molecule has 1 heterocycles. The highest BCUT2D eigenvalue weighted by Crippen LogP contribution is 2.34. The number of rotatable bonds is 6. The van der Waals surface area contributed by atoms with Crippen LogP contribution in [0.4, 0.5) is 0 Å². The van der Waals surface area contributed by atoms with Gasteiger partial charge in [0.2, 0.25) is 0 Å². The van der Waals surface area contributed by atoms with Crippen LogP contribution in [0, 0.1) is 5.92 Å². The van der Waals surface area contributed by atoms with Crippen molar-refractivity contribution in [2.24, 2.45) is 5.92 Å². The summed E-state index contributed by atoms with van der Waals surface area (Å²) in [5.41, 5.74) is 1.36. The van der Waals surface area contributed by atoms with Gasteiger partial charge in [0.1, 0.15) is 0 Å². The van der Waals surface area contributed by atoms with E-state index in [-0.39, 0.29) is 0 Å². The third-order valence-corrected chi connectivity index (χ3v) is 3.68. The maximum Gasteiger partial charge on any atom is 0.0553 e. The molecular formula is C13H23N3. The Morgan fingerprint density at radius 2 is 2.38 bits per heavy atom. The van der Waals surface area contributed by atoms with E-state index >= 15 is 0 Å². The molecule has 3 nitrogen and oxygen atoms in total. The van der Waals surface area contributed by atoms with Gasteiger partial charge in [0.05, 0.1) is 5.69 Å². The Hall–Kier alpha value is -0.830. The number of aryl methyl sites for hydroxylation is 1. The van der Waals surface area contributed by atoms with Crippen LogP contribution in [0.5, 0.6) is 0 Å². The average Bonchev–Trinajstić information content (AvgIpc) is 2.66. The molecule has 0 aromatic carbocycles. The minimum Gasteiger partial charge on any atom is -0.312 e. The number of nitrogens with one attached hydrogen (secondary N) is 1. The Morgan fingerprint density at radius 1 is 1.56 bits per heavy atom. The van der Waals surface area contributed by atoms with Gasteiger partial charge < -0.3 is 5.32 Å². The summed E-state index contributed by atoms with van der Waals surface area (Å²) >= 11 is 0. The van der Waals surface area contributed by atoms with E-state index in [9.17, 15) is 0 Å². The first-order valence-electron chi connectivity index (χ1n) is 6.54. The van der Waals surface area contributed by atoms with Crippen LogP contribution in [-0.2, 0) is 6.54 Å². The van der Waals surface area contributed by atoms with Crippen LogP contribution in [0.1, 0.15) is 50.8 Å². The van der Waals surface area contributed by atoms with Gasteiger partial charge >= 0.3 is 0 Å². The molecule has 1 saturated carbocycles. The predicted octanol–water partition coefficient (Wildman–Crippen LogP) is 2.74. The van der Waals surface area contributed by atoms with Crippen LogP contribution >= 0.6 is 0 Å². The van der Waals surface area contributed by atoms with Crippen molar-refractivity contribution >= 4 is 0 Å². The summed E-state index contributed by atoms with van der Waals surface area (Å²) in [5.74, 6) is 0.933.